The molecular weight excluding hydrogens is 569 g/mol. The van der Waals surface area contributed by atoms with Crippen molar-refractivity contribution in [2.75, 3.05) is 10.2 Å². The van der Waals surface area contributed by atoms with Gasteiger partial charge in [0.15, 0.2) is 5.78 Å². The Hall–Kier alpha value is -5.05. The van der Waals surface area contributed by atoms with Gasteiger partial charge in [0.05, 0.1) is 22.9 Å². The number of ketones is 1. The number of carbonyl (C=O) groups excluding carboxylic acids is 2. The fourth-order valence-corrected chi connectivity index (χ4v) is 5.95. The number of Topliss-reactive ketones (excluding diaryl/α,β-unsaturated/α-hetero) is 1. The Morgan fingerprint density at radius 2 is 1.61 bits per heavy atom. The molecule has 0 spiro atoms. The van der Waals surface area contributed by atoms with Gasteiger partial charge in [0, 0.05) is 29.8 Å². The van der Waals surface area contributed by atoms with Crippen molar-refractivity contribution in [3.63, 3.8) is 0 Å². The fourth-order valence-electron chi connectivity index (χ4n) is 5.95. The van der Waals surface area contributed by atoms with Crippen molar-refractivity contribution in [1.29, 1.82) is 0 Å². The molecule has 6 nitrogen and oxygen atoms in total. The van der Waals surface area contributed by atoms with Gasteiger partial charge in [0.2, 0.25) is 0 Å². The van der Waals surface area contributed by atoms with E-state index in [1.807, 2.05) is 44.2 Å². The summed E-state index contributed by atoms with van der Waals surface area (Å²) >= 11 is 0. The molecule has 0 bridgehead atoms. The van der Waals surface area contributed by atoms with Crippen molar-refractivity contribution < 1.29 is 32.6 Å². The Bertz CT molecular complexity index is 1800. The normalized spacial score (nSPS) is 17.3. The summed E-state index contributed by atoms with van der Waals surface area (Å²) in [5.41, 5.74) is -0.354. The molecule has 1 heterocycles. The van der Waals surface area contributed by atoms with Crippen LogP contribution in [0.1, 0.15) is 54.2 Å². The second-order valence-electron chi connectivity index (χ2n) is 11.8. The lowest BCUT2D eigenvalue weighted by Gasteiger charge is -2.37. The molecule has 0 fully saturated rings. The molecular formula is C35H29F3N2O4. The number of halogens is 3. The minimum absolute atomic E-state index is 0.0199. The van der Waals surface area contributed by atoms with E-state index in [1.54, 1.807) is 0 Å². The van der Waals surface area contributed by atoms with Crippen LogP contribution in [0.3, 0.4) is 0 Å². The van der Waals surface area contributed by atoms with Crippen molar-refractivity contribution in [1.82, 2.24) is 0 Å². The predicted molar refractivity (Wildman–Crippen MR) is 160 cm³/mol. The molecule has 2 aliphatic rings. The third-order valence-electron chi connectivity index (χ3n) is 7.90. The van der Waals surface area contributed by atoms with E-state index in [0.717, 1.165) is 28.7 Å². The van der Waals surface area contributed by atoms with Crippen LogP contribution in [0.2, 0.25) is 0 Å². The largest absolute Gasteiger partial charge is 0.506 e. The van der Waals surface area contributed by atoms with Gasteiger partial charge in [0.25, 0.3) is 5.91 Å². The van der Waals surface area contributed by atoms with E-state index >= 15 is 13.2 Å². The van der Waals surface area contributed by atoms with Crippen molar-refractivity contribution in [2.24, 2.45) is 5.41 Å². The molecule has 0 unspecified atom stereocenters. The summed E-state index contributed by atoms with van der Waals surface area (Å²) in [6.07, 6.45) is 0.317. The number of allylic oxidation sites excluding steroid dienone is 1. The molecule has 1 amide bonds. The lowest BCUT2D eigenvalue weighted by Crippen LogP contribution is -2.40. The number of aromatic hydroxyl groups is 1. The van der Waals surface area contributed by atoms with Crippen LogP contribution in [-0.2, 0) is 11.4 Å². The Kier molecular flexibility index (Phi) is 7.41. The van der Waals surface area contributed by atoms with Crippen LogP contribution in [0.25, 0.3) is 0 Å². The van der Waals surface area contributed by atoms with E-state index in [2.05, 4.69) is 5.32 Å². The first kappa shape index (κ1) is 29.0. The molecule has 6 rings (SSSR count). The average molecular weight is 599 g/mol. The van der Waals surface area contributed by atoms with Crippen molar-refractivity contribution in [2.45, 2.75) is 39.3 Å². The number of amides is 1. The number of anilines is 2. The highest BCUT2D eigenvalue weighted by Gasteiger charge is 2.46. The Labute approximate surface area is 252 Å². The summed E-state index contributed by atoms with van der Waals surface area (Å²) < 4.78 is 53.2. The maximum absolute atomic E-state index is 16.2. The second kappa shape index (κ2) is 11.2. The zero-order valence-electron chi connectivity index (χ0n) is 24.0. The van der Waals surface area contributed by atoms with Gasteiger partial charge >= 0.3 is 0 Å². The number of hydrogen-bond acceptors (Lipinski definition) is 5. The van der Waals surface area contributed by atoms with Crippen LogP contribution < -0.4 is 15.0 Å². The molecule has 0 saturated carbocycles. The van der Waals surface area contributed by atoms with E-state index in [0.29, 0.717) is 5.70 Å². The van der Waals surface area contributed by atoms with Gasteiger partial charge in [-0.2, -0.15) is 0 Å². The SMILES string of the molecule is CC1(C)CC(=O)C2=C(C1)Nc1c(O)cccc1N(C(=O)c1ccccc1F)[C@H]2c1c(F)cc(OCc2ccccc2)cc1F. The number of nitrogens with zero attached hydrogens (tertiary/aromatic N) is 1. The summed E-state index contributed by atoms with van der Waals surface area (Å²) in [5, 5.41) is 14.0. The molecule has 0 saturated heterocycles. The third kappa shape index (κ3) is 5.30. The molecule has 1 aliphatic carbocycles. The average Bonchev–Trinajstić information content (AvgIpc) is 3.11. The standard InChI is InChI=1S/C35H29F3N2O4/c1-35(2)17-26-31(29(42)18-35)33(30-24(37)15-21(16-25(30)38)44-19-20-9-4-3-5-10-20)40(27-13-8-14-28(41)32(27)39-26)34(43)22-11-6-7-12-23(22)36/h3-16,33,39,41H,17-19H2,1-2H3/t33-/m0/s1. The molecule has 4 aromatic carbocycles. The number of carbonyl (C=O) groups is 2. The van der Waals surface area contributed by atoms with Crippen molar-refractivity contribution >= 4 is 23.1 Å². The molecule has 1 atom stereocenters. The van der Waals surface area contributed by atoms with Crippen LogP contribution in [0.5, 0.6) is 11.5 Å². The third-order valence-corrected chi connectivity index (χ3v) is 7.90. The van der Waals surface area contributed by atoms with E-state index in [-0.39, 0.29) is 53.5 Å². The highest BCUT2D eigenvalue weighted by molar-refractivity contribution is 6.12. The fraction of sp³-hybridized carbons (Fsp3) is 0.200. The molecule has 0 radical (unpaired) electrons. The van der Waals surface area contributed by atoms with Crippen LogP contribution in [0.4, 0.5) is 24.5 Å². The van der Waals surface area contributed by atoms with Gasteiger partial charge in [0.1, 0.15) is 41.2 Å². The minimum Gasteiger partial charge on any atom is -0.506 e. The first-order chi connectivity index (χ1) is 21.0. The smallest absolute Gasteiger partial charge is 0.262 e. The highest BCUT2D eigenvalue weighted by atomic mass is 19.1. The first-order valence-electron chi connectivity index (χ1n) is 14.1. The molecule has 44 heavy (non-hydrogen) atoms. The van der Waals surface area contributed by atoms with E-state index in [9.17, 15) is 14.7 Å². The number of rotatable bonds is 5. The van der Waals surface area contributed by atoms with Gasteiger partial charge in [-0.25, -0.2) is 13.2 Å². The summed E-state index contributed by atoms with van der Waals surface area (Å²) in [6, 6.07) is 19.0. The van der Waals surface area contributed by atoms with Gasteiger partial charge in [-0.05, 0) is 41.7 Å². The zero-order valence-corrected chi connectivity index (χ0v) is 24.0. The Balaban J connectivity index is 1.57. The second-order valence-corrected chi connectivity index (χ2v) is 11.8. The first-order valence-corrected chi connectivity index (χ1v) is 14.1. The molecule has 1 aliphatic heterocycles. The lowest BCUT2D eigenvalue weighted by molar-refractivity contribution is -0.118. The van der Waals surface area contributed by atoms with Crippen molar-refractivity contribution in [3.8, 4) is 11.5 Å². The number of ether oxygens (including phenoxy) is 1. The number of phenols is 1. The van der Waals surface area contributed by atoms with Crippen LogP contribution >= 0.6 is 0 Å². The number of phenolic OH excluding ortho intramolecular Hbond substituents is 1. The molecule has 0 aromatic heterocycles. The van der Waals surface area contributed by atoms with Crippen LogP contribution in [0.15, 0.2) is 96.2 Å². The van der Waals surface area contributed by atoms with E-state index in [4.69, 9.17) is 4.74 Å². The maximum atomic E-state index is 16.2. The zero-order chi connectivity index (χ0) is 31.2. The van der Waals surface area contributed by atoms with Gasteiger partial charge < -0.3 is 15.2 Å². The number of nitrogens with one attached hydrogen (secondary N) is 1. The maximum Gasteiger partial charge on any atom is 0.262 e. The quantitative estimate of drug-likeness (QED) is 0.229. The van der Waals surface area contributed by atoms with Crippen molar-refractivity contribution in [3.05, 3.63) is 130 Å². The summed E-state index contributed by atoms with van der Waals surface area (Å²) in [5.74, 6) is -4.70. The van der Waals surface area contributed by atoms with Crippen LogP contribution in [0, 0.1) is 22.9 Å². The van der Waals surface area contributed by atoms with E-state index in [1.165, 1.54) is 36.4 Å². The lowest BCUT2D eigenvalue weighted by atomic mass is 9.73. The van der Waals surface area contributed by atoms with Gasteiger partial charge in [-0.15, -0.1) is 0 Å². The van der Waals surface area contributed by atoms with Gasteiger partial charge in [-0.1, -0.05) is 62.4 Å². The predicted octanol–water partition coefficient (Wildman–Crippen LogP) is 7.85. The topological polar surface area (TPSA) is 78.9 Å². The molecule has 2 N–H and O–H groups in total. The number of para-hydroxylation sites is 1. The number of hydrogen-bond donors (Lipinski definition) is 2. The molecule has 224 valence electrons. The molecule has 9 heteroatoms. The highest BCUT2D eigenvalue weighted by Crippen LogP contribution is 2.51. The summed E-state index contributed by atoms with van der Waals surface area (Å²) in [7, 11) is 0. The Morgan fingerprint density at radius 1 is 0.932 bits per heavy atom. The Morgan fingerprint density at radius 3 is 2.32 bits per heavy atom. The summed E-state index contributed by atoms with van der Waals surface area (Å²) in [6.45, 7) is 3.81. The van der Waals surface area contributed by atoms with Gasteiger partial charge in [-0.3, -0.25) is 14.5 Å². The van der Waals surface area contributed by atoms with E-state index < -0.39 is 46.2 Å². The minimum atomic E-state index is -1.64. The number of benzene rings is 4. The van der Waals surface area contributed by atoms with Crippen LogP contribution in [-0.4, -0.2) is 16.8 Å². The monoisotopic (exact) mass is 598 g/mol. The number of fused-ring (bicyclic) bond motifs is 1. The molecule has 4 aromatic rings. The summed E-state index contributed by atoms with van der Waals surface area (Å²) in [4.78, 5) is 29.1.